The summed E-state index contributed by atoms with van der Waals surface area (Å²) in [5.41, 5.74) is 4.12. The second kappa shape index (κ2) is 6.98. The number of carbonyl (C=O) groups excluding carboxylic acids is 1. The zero-order valence-corrected chi connectivity index (χ0v) is 17.6. The van der Waals surface area contributed by atoms with Crippen LogP contribution in [0.15, 0.2) is 46.2 Å². The van der Waals surface area contributed by atoms with Crippen LogP contribution >= 0.6 is 0 Å². The summed E-state index contributed by atoms with van der Waals surface area (Å²) in [7, 11) is 2.97. The van der Waals surface area contributed by atoms with E-state index < -0.39 is 11.2 Å². The van der Waals surface area contributed by atoms with Crippen molar-refractivity contribution in [3.05, 3.63) is 80.0 Å². The van der Waals surface area contributed by atoms with Crippen LogP contribution in [-0.4, -0.2) is 29.0 Å². The van der Waals surface area contributed by atoms with Crippen LogP contribution in [0.25, 0.3) is 16.9 Å². The second-order valence-corrected chi connectivity index (χ2v) is 7.58. The van der Waals surface area contributed by atoms with Gasteiger partial charge in [-0.2, -0.15) is 0 Å². The van der Waals surface area contributed by atoms with E-state index in [4.69, 9.17) is 0 Å². The van der Waals surface area contributed by atoms with Crippen LogP contribution in [0, 0.1) is 20.8 Å². The topological polar surface area (TPSA) is 83.8 Å². The number of fused-ring (bicyclic) bond motifs is 1. The van der Waals surface area contributed by atoms with E-state index in [0.29, 0.717) is 5.56 Å². The molecule has 154 valence electrons. The van der Waals surface area contributed by atoms with Crippen LogP contribution in [-0.2, 0) is 20.6 Å². The molecule has 0 fully saturated rings. The van der Waals surface area contributed by atoms with Gasteiger partial charge < -0.3 is 9.13 Å². The molecule has 8 heteroatoms. The summed E-state index contributed by atoms with van der Waals surface area (Å²) >= 11 is 0. The fourth-order valence-electron chi connectivity index (χ4n) is 3.99. The van der Waals surface area contributed by atoms with Crippen molar-refractivity contribution in [2.45, 2.75) is 27.3 Å². The van der Waals surface area contributed by atoms with Crippen molar-refractivity contribution in [3.63, 3.8) is 0 Å². The Morgan fingerprint density at radius 3 is 2.43 bits per heavy atom. The van der Waals surface area contributed by atoms with Crippen molar-refractivity contribution >= 4 is 16.9 Å². The molecule has 0 aliphatic heterocycles. The zero-order chi connectivity index (χ0) is 21.7. The number of rotatable bonds is 4. The van der Waals surface area contributed by atoms with Crippen LogP contribution in [0.5, 0.6) is 0 Å². The van der Waals surface area contributed by atoms with Gasteiger partial charge in [-0.3, -0.25) is 18.7 Å². The molecule has 0 aliphatic rings. The number of aromatic nitrogens is 5. The molecule has 4 aromatic rings. The van der Waals surface area contributed by atoms with Gasteiger partial charge in [-0.15, -0.1) is 0 Å². The van der Waals surface area contributed by atoms with Crippen molar-refractivity contribution in [2.75, 3.05) is 0 Å². The van der Waals surface area contributed by atoms with Crippen molar-refractivity contribution in [1.29, 1.82) is 0 Å². The molecule has 1 aromatic carbocycles. The molecule has 30 heavy (non-hydrogen) atoms. The number of imidazole rings is 1. The molecule has 0 spiro atoms. The number of ketones is 1. The van der Waals surface area contributed by atoms with Gasteiger partial charge in [-0.1, -0.05) is 18.2 Å². The van der Waals surface area contributed by atoms with E-state index in [0.717, 1.165) is 27.2 Å². The molecule has 0 unspecified atom stereocenters. The predicted molar refractivity (Wildman–Crippen MR) is 115 cm³/mol. The fourth-order valence-corrected chi connectivity index (χ4v) is 3.99. The van der Waals surface area contributed by atoms with Gasteiger partial charge in [0, 0.05) is 36.7 Å². The van der Waals surface area contributed by atoms with Crippen molar-refractivity contribution in [1.82, 2.24) is 23.3 Å². The average Bonchev–Trinajstić information content (AvgIpc) is 3.26. The summed E-state index contributed by atoms with van der Waals surface area (Å²) in [6.45, 7) is 5.88. The fraction of sp³-hybridized carbons (Fsp3) is 0.273. The van der Waals surface area contributed by atoms with Gasteiger partial charge in [0.2, 0.25) is 0 Å². The first-order chi connectivity index (χ1) is 14.2. The molecule has 0 aliphatic carbocycles. The maximum atomic E-state index is 13.2. The third-order valence-electron chi connectivity index (χ3n) is 5.62. The lowest BCUT2D eigenvalue weighted by atomic mass is 10.1. The minimum Gasteiger partial charge on any atom is -0.317 e. The van der Waals surface area contributed by atoms with Gasteiger partial charge in [0.15, 0.2) is 16.9 Å². The number of hydrogen-bond acceptors (Lipinski definition) is 4. The third kappa shape index (κ3) is 2.83. The molecule has 0 saturated carbocycles. The van der Waals surface area contributed by atoms with E-state index in [-0.39, 0.29) is 23.5 Å². The quantitative estimate of drug-likeness (QED) is 0.487. The number of carbonyl (C=O) groups is 1. The molecule has 0 atom stereocenters. The normalized spacial score (nSPS) is 11.4. The van der Waals surface area contributed by atoms with Crippen molar-refractivity contribution in [3.8, 4) is 5.69 Å². The first kappa shape index (κ1) is 19.6. The highest BCUT2D eigenvalue weighted by molar-refractivity contribution is 5.98. The molecule has 0 N–H and O–H groups in total. The standard InChI is InChI=1S/C22H23N5O3/c1-13-8-6-7-9-17(13)27-14(2)10-16(15(27)3)18(28)11-26-12-23-20-19(26)21(29)25(5)22(30)24(20)4/h6-10,12H,11H2,1-5H3. The predicted octanol–water partition coefficient (Wildman–Crippen LogP) is 2.03. The summed E-state index contributed by atoms with van der Waals surface area (Å²) in [6, 6.07) is 9.89. The smallest absolute Gasteiger partial charge is 0.317 e. The highest BCUT2D eigenvalue weighted by Gasteiger charge is 2.20. The highest BCUT2D eigenvalue weighted by atomic mass is 16.2. The zero-order valence-electron chi connectivity index (χ0n) is 17.6. The molecule has 8 nitrogen and oxygen atoms in total. The molecule has 3 heterocycles. The van der Waals surface area contributed by atoms with Gasteiger partial charge >= 0.3 is 5.69 Å². The molecule has 0 radical (unpaired) electrons. The van der Waals surface area contributed by atoms with Gasteiger partial charge in [0.25, 0.3) is 5.56 Å². The van der Waals surface area contributed by atoms with Gasteiger partial charge in [-0.05, 0) is 38.5 Å². The average molecular weight is 405 g/mol. The van der Waals surface area contributed by atoms with Gasteiger partial charge in [0.05, 0.1) is 12.9 Å². The van der Waals surface area contributed by atoms with E-state index in [2.05, 4.69) is 9.55 Å². The minimum absolute atomic E-state index is 0.0397. The first-order valence-electron chi connectivity index (χ1n) is 9.61. The van der Waals surface area contributed by atoms with E-state index in [1.807, 2.05) is 51.1 Å². The van der Waals surface area contributed by atoms with E-state index in [9.17, 15) is 14.4 Å². The van der Waals surface area contributed by atoms with Crippen molar-refractivity contribution < 1.29 is 4.79 Å². The molecule has 0 amide bonds. The Morgan fingerprint density at radius 1 is 1.03 bits per heavy atom. The summed E-state index contributed by atoms with van der Waals surface area (Å²) < 4.78 is 5.91. The van der Waals surface area contributed by atoms with Crippen LogP contribution in [0.2, 0.25) is 0 Å². The number of para-hydroxylation sites is 1. The Balaban J connectivity index is 1.78. The number of benzene rings is 1. The Morgan fingerprint density at radius 2 is 1.73 bits per heavy atom. The van der Waals surface area contributed by atoms with Gasteiger partial charge in [0.1, 0.15) is 0 Å². The maximum Gasteiger partial charge on any atom is 0.332 e. The highest BCUT2D eigenvalue weighted by Crippen LogP contribution is 2.24. The summed E-state index contributed by atoms with van der Waals surface area (Å²) in [5, 5.41) is 0. The van der Waals surface area contributed by atoms with Crippen molar-refractivity contribution in [2.24, 2.45) is 14.1 Å². The number of Topliss-reactive ketones (excluding diaryl/α,β-unsaturated/α-hetero) is 1. The SMILES string of the molecule is Cc1ccccc1-n1c(C)cc(C(=O)Cn2cnc3c2c(=O)n(C)c(=O)n3C)c1C. The molecule has 4 rings (SSSR count). The monoisotopic (exact) mass is 405 g/mol. The van der Waals surface area contributed by atoms with E-state index >= 15 is 0 Å². The Labute approximate surface area is 172 Å². The summed E-state index contributed by atoms with van der Waals surface area (Å²) in [4.78, 5) is 42.1. The minimum atomic E-state index is -0.469. The van der Waals surface area contributed by atoms with Gasteiger partial charge in [-0.25, -0.2) is 9.78 Å². The van der Waals surface area contributed by atoms with Crippen LogP contribution in [0.4, 0.5) is 0 Å². The lowest BCUT2D eigenvalue weighted by molar-refractivity contribution is 0.0972. The largest absolute Gasteiger partial charge is 0.332 e. The third-order valence-corrected chi connectivity index (χ3v) is 5.62. The Hall–Kier alpha value is -3.68. The Kier molecular flexibility index (Phi) is 4.57. The number of nitrogens with zero attached hydrogens (tertiary/aromatic N) is 5. The number of hydrogen-bond donors (Lipinski definition) is 0. The summed E-state index contributed by atoms with van der Waals surface area (Å²) in [6.07, 6.45) is 1.43. The molecule has 0 bridgehead atoms. The molecule has 3 aromatic heterocycles. The van der Waals surface area contributed by atoms with E-state index in [1.165, 1.54) is 22.5 Å². The van der Waals surface area contributed by atoms with Crippen LogP contribution in [0.1, 0.15) is 27.3 Å². The lowest BCUT2D eigenvalue weighted by Crippen LogP contribution is -2.37. The molecular formula is C22H23N5O3. The van der Waals surface area contributed by atoms with E-state index in [1.54, 1.807) is 7.05 Å². The number of aryl methyl sites for hydroxylation is 3. The second-order valence-electron chi connectivity index (χ2n) is 7.58. The Bertz CT molecular complexity index is 1430. The first-order valence-corrected chi connectivity index (χ1v) is 9.61. The van der Waals surface area contributed by atoms with Crippen LogP contribution < -0.4 is 11.2 Å². The summed E-state index contributed by atoms with van der Waals surface area (Å²) in [5.74, 6) is -0.127. The lowest BCUT2D eigenvalue weighted by Gasteiger charge is -2.12. The van der Waals surface area contributed by atoms with Crippen LogP contribution in [0.3, 0.4) is 0 Å². The maximum absolute atomic E-state index is 13.2. The molecular weight excluding hydrogens is 382 g/mol. The molecule has 0 saturated heterocycles.